The number of benzene rings is 1. The van der Waals surface area contributed by atoms with E-state index < -0.39 is 17.9 Å². The quantitative estimate of drug-likeness (QED) is 0.932. The van der Waals surface area contributed by atoms with Gasteiger partial charge in [0.05, 0.1) is 0 Å². The molecule has 0 unspecified atom stereocenters. The van der Waals surface area contributed by atoms with Crippen molar-refractivity contribution < 1.29 is 18.1 Å². The van der Waals surface area contributed by atoms with E-state index in [-0.39, 0.29) is 23.6 Å². The Morgan fingerprint density at radius 1 is 1.36 bits per heavy atom. The van der Waals surface area contributed by atoms with Crippen molar-refractivity contribution in [3.05, 3.63) is 40.6 Å². The highest BCUT2D eigenvalue weighted by Crippen LogP contribution is 2.38. The summed E-state index contributed by atoms with van der Waals surface area (Å²) in [6.45, 7) is 1.95. The van der Waals surface area contributed by atoms with Gasteiger partial charge in [-0.25, -0.2) is 8.78 Å². The van der Waals surface area contributed by atoms with Crippen LogP contribution in [-0.2, 0) is 0 Å². The van der Waals surface area contributed by atoms with Gasteiger partial charge in [-0.1, -0.05) is 46.6 Å². The lowest BCUT2D eigenvalue weighted by Crippen LogP contribution is -2.50. The van der Waals surface area contributed by atoms with Crippen LogP contribution >= 0.6 is 11.6 Å². The first-order chi connectivity index (χ1) is 10.4. The Bertz CT molecular complexity index is 705. The minimum Gasteiger partial charge on any atom is -0.349 e. The number of aryl methyl sites for hydroxylation is 1. The third kappa shape index (κ3) is 2.83. The van der Waals surface area contributed by atoms with Gasteiger partial charge in [-0.3, -0.25) is 4.79 Å². The fourth-order valence-corrected chi connectivity index (χ4v) is 2.59. The van der Waals surface area contributed by atoms with Gasteiger partial charge >= 0.3 is 0 Å². The highest BCUT2D eigenvalue weighted by molar-refractivity contribution is 6.35. The molecule has 0 aliphatic heterocycles. The van der Waals surface area contributed by atoms with Gasteiger partial charge in [0, 0.05) is 24.4 Å². The fourth-order valence-electron chi connectivity index (χ4n) is 2.33. The number of nitrogens with one attached hydrogen (secondary N) is 1. The molecule has 0 radical (unpaired) electrons. The minimum atomic E-state index is -2.70. The van der Waals surface area contributed by atoms with E-state index in [9.17, 15) is 13.6 Å². The van der Waals surface area contributed by atoms with Crippen LogP contribution in [0.2, 0.25) is 5.02 Å². The van der Waals surface area contributed by atoms with Gasteiger partial charge in [-0.15, -0.1) is 0 Å². The zero-order chi connectivity index (χ0) is 15.9. The predicted molar refractivity (Wildman–Crippen MR) is 77.1 cm³/mol. The molecule has 3 rings (SSSR count). The number of aromatic nitrogens is 1. The van der Waals surface area contributed by atoms with Crippen molar-refractivity contribution in [2.24, 2.45) is 0 Å². The Morgan fingerprint density at radius 3 is 2.59 bits per heavy atom. The van der Waals surface area contributed by atoms with Crippen LogP contribution in [0, 0.1) is 6.92 Å². The number of hydrogen-bond acceptors (Lipinski definition) is 3. The number of rotatable bonds is 3. The van der Waals surface area contributed by atoms with E-state index >= 15 is 0 Å². The second-order valence-corrected chi connectivity index (χ2v) is 5.85. The van der Waals surface area contributed by atoms with Crippen LogP contribution in [0.4, 0.5) is 8.78 Å². The Balaban J connectivity index is 1.75. The number of alkyl halides is 2. The third-order valence-electron chi connectivity index (χ3n) is 3.59. The van der Waals surface area contributed by atoms with Crippen molar-refractivity contribution in [3.8, 4) is 11.3 Å². The number of nitrogens with zero attached hydrogens (tertiary/aromatic N) is 1. The maximum atomic E-state index is 12.8. The number of amides is 1. The molecule has 1 heterocycles. The van der Waals surface area contributed by atoms with Crippen molar-refractivity contribution in [2.45, 2.75) is 31.7 Å². The Hall–Kier alpha value is -1.95. The van der Waals surface area contributed by atoms with E-state index in [0.717, 1.165) is 5.56 Å². The van der Waals surface area contributed by atoms with E-state index in [1.54, 1.807) is 0 Å². The van der Waals surface area contributed by atoms with E-state index in [4.69, 9.17) is 16.1 Å². The number of hydrogen-bond donors (Lipinski definition) is 1. The normalized spacial score (nSPS) is 17.1. The second kappa shape index (κ2) is 5.35. The zero-order valence-electron chi connectivity index (χ0n) is 11.7. The first kappa shape index (κ1) is 15.0. The number of carbonyl (C=O) groups excluding carboxylic acids is 1. The topological polar surface area (TPSA) is 55.1 Å². The van der Waals surface area contributed by atoms with Crippen LogP contribution < -0.4 is 5.32 Å². The average molecular weight is 327 g/mol. The summed E-state index contributed by atoms with van der Waals surface area (Å²) in [4.78, 5) is 12.0. The summed E-state index contributed by atoms with van der Waals surface area (Å²) in [6, 6.07) is 6.83. The third-order valence-corrected chi connectivity index (χ3v) is 3.94. The van der Waals surface area contributed by atoms with Crippen molar-refractivity contribution in [3.63, 3.8) is 0 Å². The molecule has 4 nitrogen and oxygen atoms in total. The molecule has 0 atom stereocenters. The summed E-state index contributed by atoms with van der Waals surface area (Å²) in [7, 11) is 0. The Morgan fingerprint density at radius 2 is 2.00 bits per heavy atom. The van der Waals surface area contributed by atoms with E-state index in [0.29, 0.717) is 11.3 Å². The van der Waals surface area contributed by atoms with Gasteiger partial charge in [-0.2, -0.15) is 0 Å². The first-order valence-electron chi connectivity index (χ1n) is 6.77. The number of carbonyl (C=O) groups is 1. The Labute approximate surface area is 130 Å². The van der Waals surface area contributed by atoms with Crippen LogP contribution in [0.3, 0.4) is 0 Å². The summed E-state index contributed by atoms with van der Waals surface area (Å²) in [5.41, 5.74) is 2.14. The van der Waals surface area contributed by atoms with Gasteiger partial charge in [0.25, 0.3) is 11.8 Å². The average Bonchev–Trinajstić information content (AvgIpc) is 2.79. The molecular weight excluding hydrogens is 314 g/mol. The number of halogens is 3. The highest BCUT2D eigenvalue weighted by atomic mass is 35.5. The van der Waals surface area contributed by atoms with Crippen LogP contribution in [-0.4, -0.2) is 23.0 Å². The summed E-state index contributed by atoms with van der Waals surface area (Å²) in [5.74, 6) is -3.49. The maximum absolute atomic E-state index is 12.8. The van der Waals surface area contributed by atoms with Gasteiger partial charge in [0.2, 0.25) is 5.76 Å². The monoisotopic (exact) mass is 326 g/mol. The van der Waals surface area contributed by atoms with Crippen LogP contribution in [0.15, 0.2) is 28.8 Å². The van der Waals surface area contributed by atoms with Crippen molar-refractivity contribution in [2.75, 3.05) is 0 Å². The van der Waals surface area contributed by atoms with Crippen molar-refractivity contribution in [1.29, 1.82) is 0 Å². The molecule has 116 valence electrons. The van der Waals surface area contributed by atoms with Crippen molar-refractivity contribution >= 4 is 17.5 Å². The second-order valence-electron chi connectivity index (χ2n) is 5.47. The molecule has 0 spiro atoms. The lowest BCUT2D eigenvalue weighted by molar-refractivity contribution is -0.0902. The van der Waals surface area contributed by atoms with E-state index in [1.807, 2.05) is 31.2 Å². The maximum Gasteiger partial charge on any atom is 0.291 e. The highest BCUT2D eigenvalue weighted by Gasteiger charge is 2.46. The van der Waals surface area contributed by atoms with Crippen LogP contribution in [0.1, 0.15) is 29.0 Å². The SMILES string of the molecule is Cc1ccc(-c2noc(C(=O)NC3CC(F)(F)C3)c2Cl)cc1. The molecular formula is C15H13ClF2N2O2. The van der Waals surface area contributed by atoms with Crippen LogP contribution in [0.5, 0.6) is 0 Å². The lowest BCUT2D eigenvalue weighted by atomic mass is 9.88. The standard InChI is InChI=1S/C15H13ClF2N2O2/c1-8-2-4-9(5-3-8)12-11(16)13(22-20-12)14(21)19-10-6-15(17,18)7-10/h2-5,10H,6-7H2,1H3,(H,19,21). The lowest BCUT2D eigenvalue weighted by Gasteiger charge is -2.34. The fraction of sp³-hybridized carbons (Fsp3) is 0.333. The smallest absolute Gasteiger partial charge is 0.291 e. The van der Waals surface area contributed by atoms with E-state index in [2.05, 4.69) is 10.5 Å². The summed E-state index contributed by atoms with van der Waals surface area (Å²) in [6.07, 6.45) is -0.732. The summed E-state index contributed by atoms with van der Waals surface area (Å²) < 4.78 is 30.5. The molecule has 1 aromatic carbocycles. The van der Waals surface area contributed by atoms with Gasteiger partial charge in [0.1, 0.15) is 10.7 Å². The molecule has 1 fully saturated rings. The molecule has 1 aliphatic rings. The molecule has 2 aromatic rings. The molecule has 1 amide bonds. The molecule has 0 saturated heterocycles. The molecule has 1 N–H and O–H groups in total. The molecule has 1 aromatic heterocycles. The molecule has 0 bridgehead atoms. The van der Waals surface area contributed by atoms with Gasteiger partial charge < -0.3 is 9.84 Å². The van der Waals surface area contributed by atoms with Gasteiger partial charge in [-0.05, 0) is 6.92 Å². The molecule has 1 aliphatic carbocycles. The first-order valence-corrected chi connectivity index (χ1v) is 7.14. The molecule has 1 saturated carbocycles. The minimum absolute atomic E-state index is 0.0763. The zero-order valence-corrected chi connectivity index (χ0v) is 12.5. The van der Waals surface area contributed by atoms with Crippen molar-refractivity contribution in [1.82, 2.24) is 10.5 Å². The predicted octanol–water partition coefficient (Wildman–Crippen LogP) is 3.83. The Kier molecular flexibility index (Phi) is 3.64. The van der Waals surface area contributed by atoms with Gasteiger partial charge in [0.15, 0.2) is 0 Å². The summed E-state index contributed by atoms with van der Waals surface area (Å²) >= 11 is 6.13. The molecule has 7 heteroatoms. The van der Waals surface area contributed by atoms with E-state index in [1.165, 1.54) is 0 Å². The molecule has 22 heavy (non-hydrogen) atoms. The largest absolute Gasteiger partial charge is 0.349 e. The summed E-state index contributed by atoms with van der Waals surface area (Å²) in [5, 5.41) is 6.34. The van der Waals surface area contributed by atoms with Crippen LogP contribution in [0.25, 0.3) is 11.3 Å².